The number of nitrogens with zero attached hydrogens (tertiary/aromatic N) is 2. The fourth-order valence-corrected chi connectivity index (χ4v) is 3.53. The molecule has 0 amide bonds. The van der Waals surface area contributed by atoms with Crippen LogP contribution in [-0.2, 0) is 0 Å². The Labute approximate surface area is 113 Å². The Kier molecular flexibility index (Phi) is 4.22. The van der Waals surface area contributed by atoms with Crippen LogP contribution in [0.25, 0.3) is 0 Å². The summed E-state index contributed by atoms with van der Waals surface area (Å²) in [4.78, 5) is 6.37. The number of methoxy groups -OCH3 is 1. The Balaban J connectivity index is 2.29. The largest absolute Gasteiger partial charge is 0.479 e. The highest BCUT2D eigenvalue weighted by molar-refractivity contribution is 7.99. The summed E-state index contributed by atoms with van der Waals surface area (Å²) in [5.74, 6) is 3.71. The molecule has 0 radical (unpaired) electrons. The van der Waals surface area contributed by atoms with Gasteiger partial charge in [0.05, 0.1) is 12.8 Å². The number of hydrogen-bond donors (Lipinski definition) is 1. The first-order valence-electron chi connectivity index (χ1n) is 6.18. The number of hydrogen-bond acceptors (Lipinski definition) is 5. The van der Waals surface area contributed by atoms with Crippen LogP contribution in [0.15, 0.2) is 12.3 Å². The van der Waals surface area contributed by atoms with Crippen LogP contribution >= 0.6 is 11.8 Å². The summed E-state index contributed by atoms with van der Waals surface area (Å²) < 4.78 is 5.37. The van der Waals surface area contributed by atoms with E-state index in [0.29, 0.717) is 17.8 Å². The van der Waals surface area contributed by atoms with Gasteiger partial charge in [-0.05, 0) is 17.7 Å². The van der Waals surface area contributed by atoms with Crippen LogP contribution in [0.3, 0.4) is 0 Å². The summed E-state index contributed by atoms with van der Waals surface area (Å²) >= 11 is 2.00. The van der Waals surface area contributed by atoms with Gasteiger partial charge in [-0.25, -0.2) is 4.98 Å². The van der Waals surface area contributed by atoms with Gasteiger partial charge in [0.15, 0.2) is 0 Å². The van der Waals surface area contributed by atoms with Crippen LogP contribution in [-0.4, -0.2) is 43.7 Å². The van der Waals surface area contributed by atoms with Crippen molar-refractivity contribution < 1.29 is 4.74 Å². The normalized spacial score (nSPS) is 22.9. The summed E-state index contributed by atoms with van der Waals surface area (Å²) in [5, 5.41) is 3.61. The van der Waals surface area contributed by atoms with E-state index in [1.807, 2.05) is 31.9 Å². The molecule has 1 fully saturated rings. The van der Waals surface area contributed by atoms with E-state index in [0.717, 1.165) is 17.1 Å². The summed E-state index contributed by atoms with van der Waals surface area (Å²) in [6.07, 6.45) is 1.78. The van der Waals surface area contributed by atoms with E-state index >= 15 is 0 Å². The molecule has 0 saturated carbocycles. The molecule has 0 aromatic carbocycles. The van der Waals surface area contributed by atoms with Gasteiger partial charge in [-0.2, -0.15) is 11.8 Å². The van der Waals surface area contributed by atoms with Crippen LogP contribution in [0.5, 0.6) is 5.88 Å². The maximum absolute atomic E-state index is 5.37. The van der Waals surface area contributed by atoms with Crippen LogP contribution in [0.1, 0.15) is 6.92 Å². The number of pyridine rings is 1. The fraction of sp³-hybridized carbons (Fsp3) is 0.615. The monoisotopic (exact) mass is 267 g/mol. The second-order valence-electron chi connectivity index (χ2n) is 4.87. The first kappa shape index (κ1) is 13.3. The Bertz CT molecular complexity index is 411. The zero-order valence-corrected chi connectivity index (χ0v) is 12.3. The maximum atomic E-state index is 5.37. The predicted octanol–water partition coefficient (Wildman–Crippen LogP) is 2.32. The smallest absolute Gasteiger partial charge is 0.239 e. The topological polar surface area (TPSA) is 37.4 Å². The van der Waals surface area contributed by atoms with Crippen molar-refractivity contribution in [1.29, 1.82) is 0 Å². The van der Waals surface area contributed by atoms with Gasteiger partial charge in [0.1, 0.15) is 5.69 Å². The van der Waals surface area contributed by atoms with E-state index in [1.54, 1.807) is 13.3 Å². The Morgan fingerprint density at radius 1 is 1.44 bits per heavy atom. The predicted molar refractivity (Wildman–Crippen MR) is 79.0 cm³/mol. The quantitative estimate of drug-likeness (QED) is 0.906. The van der Waals surface area contributed by atoms with Gasteiger partial charge in [0.25, 0.3) is 0 Å². The number of anilines is 2. The lowest BCUT2D eigenvalue weighted by molar-refractivity contribution is 0.399. The second-order valence-corrected chi connectivity index (χ2v) is 5.95. The number of ether oxygens (including phenoxy) is 1. The minimum Gasteiger partial charge on any atom is -0.479 e. The molecule has 100 valence electrons. The summed E-state index contributed by atoms with van der Waals surface area (Å²) in [5.41, 5.74) is 2.12. The van der Waals surface area contributed by atoms with Gasteiger partial charge in [-0.3, -0.25) is 0 Å². The van der Waals surface area contributed by atoms with Crippen molar-refractivity contribution in [1.82, 2.24) is 4.98 Å². The van der Waals surface area contributed by atoms with Gasteiger partial charge in [0, 0.05) is 32.1 Å². The fourth-order valence-electron chi connectivity index (χ4n) is 2.13. The molecule has 5 heteroatoms. The molecule has 2 heterocycles. The van der Waals surface area contributed by atoms with Gasteiger partial charge >= 0.3 is 0 Å². The highest BCUT2D eigenvalue weighted by Gasteiger charge is 2.26. The maximum Gasteiger partial charge on any atom is 0.239 e. The van der Waals surface area contributed by atoms with Crippen molar-refractivity contribution in [3.8, 4) is 5.88 Å². The molecular formula is C13H21N3OS. The van der Waals surface area contributed by atoms with Gasteiger partial charge in [-0.1, -0.05) is 6.92 Å². The minimum atomic E-state index is 0.492. The van der Waals surface area contributed by atoms with Crippen LogP contribution in [0.2, 0.25) is 0 Å². The Hall–Kier alpha value is -1.10. The van der Waals surface area contributed by atoms with E-state index in [2.05, 4.69) is 22.1 Å². The van der Waals surface area contributed by atoms with Crippen molar-refractivity contribution in [2.45, 2.75) is 13.0 Å². The average Bonchev–Trinajstić information content (AvgIpc) is 2.75. The zero-order valence-electron chi connectivity index (χ0n) is 11.4. The number of aromatic nitrogens is 1. The van der Waals surface area contributed by atoms with Crippen molar-refractivity contribution in [3.05, 3.63) is 12.3 Å². The molecule has 1 aliphatic rings. The molecule has 1 aromatic rings. The van der Waals surface area contributed by atoms with E-state index in [4.69, 9.17) is 4.74 Å². The molecule has 2 unspecified atom stereocenters. The number of rotatable bonds is 4. The number of thioether (sulfide) groups is 1. The van der Waals surface area contributed by atoms with Crippen molar-refractivity contribution in [2.24, 2.45) is 5.92 Å². The highest BCUT2D eigenvalue weighted by Crippen LogP contribution is 2.35. The standard InChI is InChI=1S/C13H21N3OS/c1-9-7-18-8-10(9)15-12-11(16(2)3)5-6-14-13(12)17-4/h5-6,9-10,15H,7-8H2,1-4H3. The zero-order chi connectivity index (χ0) is 13.1. The van der Waals surface area contributed by atoms with E-state index < -0.39 is 0 Å². The van der Waals surface area contributed by atoms with Crippen LogP contribution in [0, 0.1) is 5.92 Å². The van der Waals surface area contributed by atoms with E-state index in [-0.39, 0.29) is 0 Å². The average molecular weight is 267 g/mol. The third-order valence-electron chi connectivity index (χ3n) is 3.26. The molecule has 1 aliphatic heterocycles. The molecule has 2 atom stereocenters. The van der Waals surface area contributed by atoms with Gasteiger partial charge in [0.2, 0.25) is 5.88 Å². The summed E-state index contributed by atoms with van der Waals surface area (Å²) in [6.45, 7) is 2.29. The molecule has 0 bridgehead atoms. The first-order valence-corrected chi connectivity index (χ1v) is 7.33. The van der Waals surface area contributed by atoms with Gasteiger partial charge in [-0.15, -0.1) is 0 Å². The molecule has 2 rings (SSSR count). The molecular weight excluding hydrogens is 246 g/mol. The lowest BCUT2D eigenvalue weighted by Gasteiger charge is -2.24. The lowest BCUT2D eigenvalue weighted by atomic mass is 10.1. The molecule has 0 aliphatic carbocycles. The molecule has 1 N–H and O–H groups in total. The van der Waals surface area contributed by atoms with Crippen LogP contribution in [0.4, 0.5) is 11.4 Å². The summed E-state index contributed by atoms with van der Waals surface area (Å²) in [6, 6.07) is 2.50. The number of nitrogens with one attached hydrogen (secondary N) is 1. The minimum absolute atomic E-state index is 0.492. The van der Waals surface area contributed by atoms with Crippen molar-refractivity contribution >= 4 is 23.1 Å². The van der Waals surface area contributed by atoms with E-state index in [9.17, 15) is 0 Å². The van der Waals surface area contributed by atoms with E-state index in [1.165, 1.54) is 5.75 Å². The molecule has 4 nitrogen and oxygen atoms in total. The van der Waals surface area contributed by atoms with Crippen LogP contribution < -0.4 is 15.0 Å². The molecule has 1 aromatic heterocycles. The third-order valence-corrected chi connectivity index (χ3v) is 4.62. The Morgan fingerprint density at radius 3 is 2.78 bits per heavy atom. The Morgan fingerprint density at radius 2 is 2.22 bits per heavy atom. The highest BCUT2D eigenvalue weighted by atomic mass is 32.2. The second kappa shape index (κ2) is 5.69. The van der Waals surface area contributed by atoms with Crippen molar-refractivity contribution in [3.63, 3.8) is 0 Å². The third kappa shape index (κ3) is 2.66. The lowest BCUT2D eigenvalue weighted by Crippen LogP contribution is -2.27. The van der Waals surface area contributed by atoms with Gasteiger partial charge < -0.3 is 15.0 Å². The van der Waals surface area contributed by atoms with Crippen molar-refractivity contribution in [2.75, 3.05) is 42.9 Å². The SMILES string of the molecule is COc1nccc(N(C)C)c1NC1CSCC1C. The first-order chi connectivity index (χ1) is 8.63. The summed E-state index contributed by atoms with van der Waals surface area (Å²) in [7, 11) is 5.74. The molecule has 18 heavy (non-hydrogen) atoms. The molecule has 1 saturated heterocycles. The molecule has 0 spiro atoms.